The molecule has 8 nitrogen and oxygen atoms in total. The molecule has 6 heterocycles. The van der Waals surface area contributed by atoms with Crippen molar-refractivity contribution in [2.45, 2.75) is 82.8 Å². The lowest BCUT2D eigenvalue weighted by Crippen LogP contribution is -2.54. The molecule has 5 aromatic rings. The number of thiophene rings is 1. The Morgan fingerprint density at radius 1 is 1.12 bits per heavy atom. The van der Waals surface area contributed by atoms with Gasteiger partial charge in [-0.05, 0) is 61.9 Å². The maximum Gasteiger partial charge on any atom is 0.393 e. The van der Waals surface area contributed by atoms with Gasteiger partial charge in [-0.2, -0.15) is 23.5 Å². The van der Waals surface area contributed by atoms with Gasteiger partial charge in [0, 0.05) is 52.2 Å². The van der Waals surface area contributed by atoms with Crippen molar-refractivity contribution < 1.29 is 13.2 Å². The molecule has 0 aliphatic carbocycles. The molecule has 2 aliphatic heterocycles. The lowest BCUT2D eigenvalue weighted by molar-refractivity contribution is -0.126. The van der Waals surface area contributed by atoms with Gasteiger partial charge in [-0.1, -0.05) is 12.5 Å². The smallest absolute Gasteiger partial charge is 0.367 e. The Hall–Kier alpha value is -3.95. The van der Waals surface area contributed by atoms with Crippen LogP contribution in [-0.2, 0) is 19.5 Å². The summed E-state index contributed by atoms with van der Waals surface area (Å²) in [4.78, 5) is 12.1. The van der Waals surface area contributed by atoms with Gasteiger partial charge in [-0.15, -0.1) is 11.3 Å². The van der Waals surface area contributed by atoms with Crippen molar-refractivity contribution in [1.29, 1.82) is 5.26 Å². The second-order valence-electron chi connectivity index (χ2n) is 11.8. The predicted molar refractivity (Wildman–Crippen MR) is 160 cm³/mol. The normalized spacial score (nSPS) is 21.0. The number of alkyl halides is 3. The summed E-state index contributed by atoms with van der Waals surface area (Å²) in [5, 5.41) is 22.1. The number of nitrogens with one attached hydrogen (secondary N) is 2. The first-order chi connectivity index (χ1) is 20.8. The second-order valence-corrected chi connectivity index (χ2v) is 12.9. The first-order valence-corrected chi connectivity index (χ1v) is 15.4. The van der Waals surface area contributed by atoms with Crippen LogP contribution in [0.15, 0.2) is 43.0 Å². The molecule has 2 aliphatic rings. The lowest BCUT2D eigenvalue weighted by atomic mass is 9.81. The number of nitriles is 1. The van der Waals surface area contributed by atoms with Crippen LogP contribution in [0.2, 0.25) is 0 Å². The highest BCUT2D eigenvalue weighted by Crippen LogP contribution is 2.39. The van der Waals surface area contributed by atoms with Gasteiger partial charge in [0.2, 0.25) is 0 Å². The monoisotopic (exact) mass is 604 g/mol. The van der Waals surface area contributed by atoms with Gasteiger partial charge in [0.25, 0.3) is 0 Å². The molecule has 2 atom stereocenters. The highest BCUT2D eigenvalue weighted by molar-refractivity contribution is 7.18. The summed E-state index contributed by atoms with van der Waals surface area (Å²) >= 11 is 1.08. The number of hydrogen-bond acceptors (Lipinski definition) is 7. The van der Waals surface area contributed by atoms with Gasteiger partial charge < -0.3 is 9.88 Å². The fourth-order valence-corrected chi connectivity index (χ4v) is 8.08. The molecule has 0 saturated carbocycles. The second kappa shape index (κ2) is 11.0. The standard InChI is InChI=1S/C31H31F3N8S/c1-18-20(5-6-28-26(18)9-24(12-35)42(28)15-19-13-38-39-14-19)16-41-22-3-2-4-23(41)8-21(7-22)40-29-27-10-25(11-31(32,33)34)43-30(27)37-17-36-29/h5-6,9-10,13-14,17,21-23H,2-4,7-8,11,15-16H2,1H3,(H,38,39)(H,36,37,40). The van der Waals surface area contributed by atoms with E-state index in [0.29, 0.717) is 40.4 Å². The Kier molecular flexibility index (Phi) is 7.10. The summed E-state index contributed by atoms with van der Waals surface area (Å²) in [6.45, 7) is 3.58. The number of halogens is 3. The number of piperidine rings is 2. The van der Waals surface area contributed by atoms with Crippen LogP contribution in [0, 0.1) is 18.3 Å². The average Bonchev–Trinajstić information content (AvgIpc) is 3.69. The van der Waals surface area contributed by atoms with Gasteiger partial charge in [0.15, 0.2) is 0 Å². The first-order valence-electron chi connectivity index (χ1n) is 14.6. The summed E-state index contributed by atoms with van der Waals surface area (Å²) in [6, 6.07) is 11.3. The summed E-state index contributed by atoms with van der Waals surface area (Å²) in [7, 11) is 0. The zero-order valence-electron chi connectivity index (χ0n) is 23.7. The lowest BCUT2D eigenvalue weighted by Gasteiger charge is -2.49. The van der Waals surface area contributed by atoms with Crippen LogP contribution in [0.4, 0.5) is 19.0 Å². The molecule has 12 heteroatoms. The van der Waals surface area contributed by atoms with Crippen LogP contribution < -0.4 is 5.32 Å². The van der Waals surface area contributed by atoms with Crippen molar-refractivity contribution >= 4 is 38.3 Å². The minimum absolute atomic E-state index is 0.189. The number of benzene rings is 1. The highest BCUT2D eigenvalue weighted by Gasteiger charge is 2.39. The summed E-state index contributed by atoms with van der Waals surface area (Å²) in [5.41, 5.74) is 5.17. The topological polar surface area (TPSA) is 98.5 Å². The average molecular weight is 605 g/mol. The van der Waals surface area contributed by atoms with Gasteiger partial charge in [-0.25, -0.2) is 9.97 Å². The largest absolute Gasteiger partial charge is 0.393 e. The Balaban J connectivity index is 1.10. The fourth-order valence-electron chi connectivity index (χ4n) is 7.05. The molecule has 0 spiro atoms. The van der Waals surface area contributed by atoms with Crippen LogP contribution in [0.25, 0.3) is 21.1 Å². The number of nitrogens with zero attached hydrogens (tertiary/aromatic N) is 6. The van der Waals surface area contributed by atoms with Crippen molar-refractivity contribution in [2.75, 3.05) is 5.32 Å². The van der Waals surface area contributed by atoms with E-state index in [2.05, 4.69) is 55.5 Å². The SMILES string of the molecule is Cc1c(CN2C3CCCC2CC(Nc2ncnc4sc(CC(F)(F)F)cc24)C3)ccc2c1cc(C#N)n2Cc1cn[nH]c1. The van der Waals surface area contributed by atoms with Gasteiger partial charge in [0.05, 0.1) is 24.5 Å². The minimum atomic E-state index is -4.25. The molecule has 0 radical (unpaired) electrons. The van der Waals surface area contributed by atoms with E-state index < -0.39 is 12.6 Å². The molecule has 0 amide bonds. The maximum absolute atomic E-state index is 13.0. The number of H-pyrrole nitrogens is 1. The number of aryl methyl sites for hydroxylation is 1. The van der Waals surface area contributed by atoms with Crippen molar-refractivity contribution in [3.8, 4) is 6.07 Å². The molecular formula is C31H31F3N8S. The number of rotatable bonds is 7. The third-order valence-electron chi connectivity index (χ3n) is 9.05. The van der Waals surface area contributed by atoms with E-state index in [0.717, 1.165) is 60.0 Å². The molecule has 2 saturated heterocycles. The Morgan fingerprint density at radius 3 is 2.65 bits per heavy atom. The number of hydrogen-bond donors (Lipinski definition) is 2. The summed E-state index contributed by atoms with van der Waals surface area (Å²) < 4.78 is 41.1. The Morgan fingerprint density at radius 2 is 1.93 bits per heavy atom. The number of aromatic amines is 1. The van der Waals surface area contributed by atoms with E-state index in [-0.39, 0.29) is 10.9 Å². The Labute approximate surface area is 250 Å². The third kappa shape index (κ3) is 5.47. The van der Waals surface area contributed by atoms with E-state index in [1.807, 2.05) is 16.8 Å². The van der Waals surface area contributed by atoms with E-state index in [1.54, 1.807) is 12.3 Å². The van der Waals surface area contributed by atoms with Gasteiger partial charge in [-0.3, -0.25) is 10.00 Å². The van der Waals surface area contributed by atoms with Crippen LogP contribution in [0.5, 0.6) is 0 Å². The first kappa shape index (κ1) is 27.9. The molecule has 2 N–H and O–H groups in total. The summed E-state index contributed by atoms with van der Waals surface area (Å²) in [6.07, 6.45) is 5.19. The summed E-state index contributed by atoms with van der Waals surface area (Å²) in [5.74, 6) is 0.626. The highest BCUT2D eigenvalue weighted by atomic mass is 32.1. The number of anilines is 1. The van der Waals surface area contributed by atoms with E-state index >= 15 is 0 Å². The van der Waals surface area contributed by atoms with Crippen LogP contribution in [0.1, 0.15) is 59.4 Å². The zero-order chi connectivity index (χ0) is 29.7. The van der Waals surface area contributed by atoms with Crippen LogP contribution in [0.3, 0.4) is 0 Å². The molecule has 2 fully saturated rings. The van der Waals surface area contributed by atoms with Crippen LogP contribution >= 0.6 is 11.3 Å². The van der Waals surface area contributed by atoms with Crippen molar-refractivity contribution in [3.63, 3.8) is 0 Å². The van der Waals surface area contributed by atoms with E-state index in [4.69, 9.17) is 0 Å². The molecule has 1 aromatic carbocycles. The maximum atomic E-state index is 13.0. The fraction of sp³-hybridized carbons (Fsp3) is 0.419. The van der Waals surface area contributed by atoms with Crippen LogP contribution in [-0.4, -0.2) is 53.9 Å². The number of fused-ring (bicyclic) bond motifs is 4. The predicted octanol–water partition coefficient (Wildman–Crippen LogP) is 6.70. The molecule has 7 rings (SSSR count). The van der Waals surface area contributed by atoms with E-state index in [9.17, 15) is 18.4 Å². The van der Waals surface area contributed by atoms with Crippen molar-refractivity contribution in [3.05, 3.63) is 70.2 Å². The van der Waals surface area contributed by atoms with Gasteiger partial charge in [0.1, 0.15) is 28.7 Å². The van der Waals surface area contributed by atoms with Gasteiger partial charge >= 0.3 is 6.18 Å². The molecule has 43 heavy (non-hydrogen) atoms. The van der Waals surface area contributed by atoms with Crippen molar-refractivity contribution in [1.82, 2.24) is 29.6 Å². The minimum Gasteiger partial charge on any atom is -0.367 e. The molecule has 2 unspecified atom stereocenters. The Bertz CT molecular complexity index is 1800. The molecular weight excluding hydrogens is 573 g/mol. The third-order valence-corrected chi connectivity index (χ3v) is 10.1. The van der Waals surface area contributed by atoms with Crippen molar-refractivity contribution in [2.24, 2.45) is 0 Å². The zero-order valence-corrected chi connectivity index (χ0v) is 24.5. The van der Waals surface area contributed by atoms with E-state index in [1.165, 1.54) is 23.9 Å². The quantitative estimate of drug-likeness (QED) is 0.215. The molecule has 2 bridgehead atoms. The molecule has 4 aromatic heterocycles. The number of aromatic nitrogens is 5. The molecule has 222 valence electrons.